The van der Waals surface area contributed by atoms with Crippen LogP contribution in [0.15, 0.2) is 5.34 Å². The Kier molecular flexibility index (Phi) is 12.3. The Morgan fingerprint density at radius 1 is 2.00 bits per heavy atom. The summed E-state index contributed by atoms with van der Waals surface area (Å²) in [6, 6.07) is 0. The highest BCUT2D eigenvalue weighted by molar-refractivity contribution is 7.80. The van der Waals surface area contributed by atoms with Crippen molar-refractivity contribution >= 4 is 17.2 Å². The smallest absolute Gasteiger partial charge is 0.152 e. The van der Waals surface area contributed by atoms with Crippen molar-refractivity contribution in [3.63, 3.8) is 0 Å². The topological polar surface area (TPSA) is 75.7 Å². The highest BCUT2D eigenvalue weighted by atomic mass is 32.1. The highest BCUT2D eigenvalue weighted by Gasteiger charge is 1.54. The minimum atomic E-state index is 0.500. The van der Waals surface area contributed by atoms with Crippen LogP contribution in [0.3, 0.4) is 0 Å². The maximum absolute atomic E-state index is 8.11. The van der Waals surface area contributed by atoms with E-state index in [1.165, 1.54) is 5.34 Å². The fraction of sp³-hybridized carbons (Fsp3) is 0.500. The maximum atomic E-state index is 8.11. The molecule has 0 bridgehead atoms. The van der Waals surface area contributed by atoms with Crippen LogP contribution in [0.25, 0.3) is 0 Å². The third kappa shape index (κ3) is 114. The second-order valence-corrected chi connectivity index (χ2v) is 1.34. The Labute approximate surface area is 46.3 Å². The molecule has 0 aromatic carbocycles. The first-order valence-corrected chi connectivity index (χ1v) is 1.78. The van der Waals surface area contributed by atoms with Crippen LogP contribution in [-0.2, 0) is 0 Å². The zero-order valence-electron chi connectivity index (χ0n) is 3.79. The van der Waals surface area contributed by atoms with Gasteiger partial charge in [0.05, 0.1) is 4.99 Å². The predicted octanol–water partition coefficient (Wildman–Crippen LogP) is 0.434. The van der Waals surface area contributed by atoms with Crippen LogP contribution in [-0.4, -0.2) is 10.2 Å². The Balaban J connectivity index is 0. The first-order chi connectivity index (χ1) is 3.15. The summed E-state index contributed by atoms with van der Waals surface area (Å²) in [5.74, 6) is 0. The van der Waals surface area contributed by atoms with Gasteiger partial charge < -0.3 is 10.9 Å². The number of nitrogens with two attached hydrogens (primary N) is 1. The number of rotatable bonds is 0. The van der Waals surface area contributed by atoms with Crippen LogP contribution in [0.4, 0.5) is 0 Å². The molecule has 42 valence electrons. The Hall–Kier alpha value is -0.710. The van der Waals surface area contributed by atoms with Gasteiger partial charge in [-0.15, -0.1) is 4.91 Å². The number of hydrogen-bond donors (Lipinski definition) is 2. The fourth-order valence-corrected chi connectivity index (χ4v) is 0. The van der Waals surface area contributed by atoms with Gasteiger partial charge in [0.15, 0.2) is 5.34 Å². The first-order valence-electron chi connectivity index (χ1n) is 1.38. The molecule has 0 spiro atoms. The Morgan fingerprint density at radius 3 is 2.00 bits per heavy atom. The van der Waals surface area contributed by atoms with Gasteiger partial charge in [0.1, 0.15) is 0 Å². The van der Waals surface area contributed by atoms with Gasteiger partial charge in [-0.25, -0.2) is 0 Å². The zero-order chi connectivity index (χ0) is 6.28. The summed E-state index contributed by atoms with van der Waals surface area (Å²) in [4.78, 5) is 8.61. The quantitative estimate of drug-likeness (QED) is 0.277. The summed E-state index contributed by atoms with van der Waals surface area (Å²) >= 11 is 4.31. The summed E-state index contributed by atoms with van der Waals surface area (Å²) in [5.41, 5.74) is 4.84. The lowest BCUT2D eigenvalue weighted by atomic mass is 10.8. The van der Waals surface area contributed by atoms with Crippen molar-refractivity contribution in [2.45, 2.75) is 6.92 Å². The lowest BCUT2D eigenvalue weighted by molar-refractivity contribution is 0.312. The van der Waals surface area contributed by atoms with Gasteiger partial charge in [-0.05, 0) is 6.92 Å². The van der Waals surface area contributed by atoms with E-state index >= 15 is 0 Å². The van der Waals surface area contributed by atoms with Crippen LogP contribution in [0.5, 0.6) is 0 Å². The number of nitrogens with zero attached hydrogens (tertiary/aromatic N) is 1. The lowest BCUT2D eigenvalue weighted by Gasteiger charge is -1.65. The van der Waals surface area contributed by atoms with Crippen molar-refractivity contribution in [2.75, 3.05) is 0 Å². The molecule has 0 aliphatic rings. The third-order valence-electron chi connectivity index (χ3n) is 0. The molecule has 4 nitrogen and oxygen atoms in total. The maximum Gasteiger partial charge on any atom is 0.152 e. The normalized spacial score (nSPS) is 5.29. The molecular formula is C2H6N2O2S. The van der Waals surface area contributed by atoms with Gasteiger partial charge in [-0.3, -0.25) is 0 Å². The molecule has 0 aromatic rings. The van der Waals surface area contributed by atoms with E-state index < -0.39 is 0 Å². The van der Waals surface area contributed by atoms with Gasteiger partial charge in [-0.2, -0.15) is 0 Å². The average Bonchev–Trinajstić information content (AvgIpc) is 1.33. The molecule has 0 saturated heterocycles. The summed E-state index contributed by atoms with van der Waals surface area (Å²) in [7, 11) is 0. The highest BCUT2D eigenvalue weighted by Crippen LogP contribution is 1.48. The molecule has 0 heterocycles. The predicted molar refractivity (Wildman–Crippen MR) is 30.0 cm³/mol. The van der Waals surface area contributed by atoms with Crippen molar-refractivity contribution in [1.29, 1.82) is 0 Å². The van der Waals surface area contributed by atoms with Crippen molar-refractivity contribution in [1.82, 2.24) is 0 Å². The van der Waals surface area contributed by atoms with E-state index in [4.69, 9.17) is 15.8 Å². The van der Waals surface area contributed by atoms with E-state index in [0.29, 0.717) is 4.99 Å². The minimum absolute atomic E-state index is 0.500. The van der Waals surface area contributed by atoms with Crippen molar-refractivity contribution in [3.05, 3.63) is 4.91 Å². The summed E-state index contributed by atoms with van der Waals surface area (Å²) < 4.78 is 0. The van der Waals surface area contributed by atoms with Crippen LogP contribution in [0.2, 0.25) is 0 Å². The van der Waals surface area contributed by atoms with E-state index in [1.807, 2.05) is 0 Å². The third-order valence-corrected chi connectivity index (χ3v) is 0. The molecule has 0 unspecified atom stereocenters. The summed E-state index contributed by atoms with van der Waals surface area (Å²) in [6.07, 6.45) is 0. The van der Waals surface area contributed by atoms with E-state index in [1.54, 1.807) is 6.92 Å². The molecule has 0 aromatic heterocycles. The zero-order valence-corrected chi connectivity index (χ0v) is 4.60. The average molecular weight is 122 g/mol. The molecule has 0 aliphatic carbocycles. The molecule has 0 radical (unpaired) electrons. The monoisotopic (exact) mass is 122 g/mol. The van der Waals surface area contributed by atoms with E-state index in [9.17, 15) is 0 Å². The van der Waals surface area contributed by atoms with Gasteiger partial charge in [0.2, 0.25) is 0 Å². The first kappa shape index (κ1) is 9.56. The van der Waals surface area contributed by atoms with Gasteiger partial charge in [0, 0.05) is 0 Å². The lowest BCUT2D eigenvalue weighted by Crippen LogP contribution is -1.98. The number of hydrogen-bond acceptors (Lipinski definition) is 3. The SMILES string of the molecule is CC(N)=S.O=NO. The molecule has 0 fully saturated rings. The fourth-order valence-electron chi connectivity index (χ4n) is 0. The van der Waals surface area contributed by atoms with Crippen molar-refractivity contribution in [3.8, 4) is 0 Å². The second-order valence-electron chi connectivity index (χ2n) is 0.692. The van der Waals surface area contributed by atoms with E-state index in [0.717, 1.165) is 0 Å². The Morgan fingerprint density at radius 2 is 2.00 bits per heavy atom. The second kappa shape index (κ2) is 8.99. The van der Waals surface area contributed by atoms with Crippen molar-refractivity contribution in [2.24, 2.45) is 11.1 Å². The molecule has 3 N–H and O–H groups in total. The van der Waals surface area contributed by atoms with Crippen molar-refractivity contribution < 1.29 is 5.21 Å². The molecule has 0 rings (SSSR count). The Bertz CT molecular complexity index is 60.7. The van der Waals surface area contributed by atoms with Crippen LogP contribution >= 0.6 is 12.2 Å². The van der Waals surface area contributed by atoms with Crippen LogP contribution < -0.4 is 5.73 Å². The molecule has 0 atom stereocenters. The molecule has 7 heavy (non-hydrogen) atoms. The van der Waals surface area contributed by atoms with Crippen LogP contribution in [0.1, 0.15) is 6.92 Å². The summed E-state index contributed by atoms with van der Waals surface area (Å²) in [6.45, 7) is 1.68. The van der Waals surface area contributed by atoms with E-state index in [2.05, 4.69) is 12.2 Å². The molecule has 0 saturated carbocycles. The van der Waals surface area contributed by atoms with Gasteiger partial charge >= 0.3 is 0 Å². The summed E-state index contributed by atoms with van der Waals surface area (Å²) in [5, 5.41) is 7.89. The largest absolute Gasteiger partial charge is 0.394 e. The number of thiocarbonyl (C=S) groups is 1. The standard InChI is InChI=1S/C2H5NS.HNO2/c1-2(3)4;2-1-3/h1H3,(H2,3,4);(H,2,3). The van der Waals surface area contributed by atoms with Gasteiger partial charge in [-0.1, -0.05) is 12.2 Å². The van der Waals surface area contributed by atoms with Gasteiger partial charge in [0.25, 0.3) is 0 Å². The van der Waals surface area contributed by atoms with E-state index in [-0.39, 0.29) is 0 Å². The molecule has 5 heteroatoms. The van der Waals surface area contributed by atoms with Crippen LogP contribution in [0, 0.1) is 4.91 Å². The molecule has 0 amide bonds. The molecular weight excluding hydrogens is 116 g/mol. The minimum Gasteiger partial charge on any atom is -0.394 e. The molecule has 0 aliphatic heterocycles.